The highest BCUT2D eigenvalue weighted by atomic mass is 35.5. The number of carbonyl (C=O) groups excluding carboxylic acids is 1. The molecule has 0 aliphatic heterocycles. The SMILES string of the molecule is CN(C)C(=O)CN=C(NCCc1ccc(Cl)nc1)NCC1CCCCC1. The molecule has 1 fully saturated rings. The van der Waals surface area contributed by atoms with E-state index in [1.165, 1.54) is 32.1 Å². The van der Waals surface area contributed by atoms with Crippen LogP contribution >= 0.6 is 11.6 Å². The number of nitrogens with zero attached hydrogens (tertiary/aromatic N) is 3. The Morgan fingerprint density at radius 2 is 2.04 bits per heavy atom. The van der Waals surface area contributed by atoms with Gasteiger partial charge in [-0.2, -0.15) is 0 Å². The van der Waals surface area contributed by atoms with E-state index >= 15 is 0 Å². The Morgan fingerprint density at radius 3 is 2.69 bits per heavy atom. The molecule has 0 saturated heterocycles. The Kier molecular flexibility index (Phi) is 8.68. The van der Waals surface area contributed by atoms with E-state index in [4.69, 9.17) is 11.6 Å². The maximum atomic E-state index is 11.8. The van der Waals surface area contributed by atoms with Crippen molar-refractivity contribution in [1.29, 1.82) is 0 Å². The molecule has 1 amide bonds. The zero-order valence-corrected chi connectivity index (χ0v) is 16.6. The molecule has 2 N–H and O–H groups in total. The molecule has 26 heavy (non-hydrogen) atoms. The Hall–Kier alpha value is -1.82. The van der Waals surface area contributed by atoms with Gasteiger partial charge in [0.1, 0.15) is 11.7 Å². The van der Waals surface area contributed by atoms with Crippen molar-refractivity contribution in [3.63, 3.8) is 0 Å². The highest BCUT2D eigenvalue weighted by Crippen LogP contribution is 2.22. The second-order valence-corrected chi connectivity index (χ2v) is 7.39. The van der Waals surface area contributed by atoms with Crippen LogP contribution in [0.5, 0.6) is 0 Å². The Morgan fingerprint density at radius 1 is 1.27 bits per heavy atom. The Labute approximate surface area is 161 Å². The molecule has 0 spiro atoms. The fourth-order valence-electron chi connectivity index (χ4n) is 2.97. The number of rotatable bonds is 7. The summed E-state index contributed by atoms with van der Waals surface area (Å²) < 4.78 is 0. The van der Waals surface area contributed by atoms with E-state index in [-0.39, 0.29) is 12.5 Å². The highest BCUT2D eigenvalue weighted by Gasteiger charge is 2.14. The van der Waals surface area contributed by atoms with Crippen LogP contribution in [0.2, 0.25) is 5.15 Å². The summed E-state index contributed by atoms with van der Waals surface area (Å²) in [5.41, 5.74) is 1.11. The molecule has 0 atom stereocenters. The van der Waals surface area contributed by atoms with Crippen molar-refractivity contribution in [1.82, 2.24) is 20.5 Å². The van der Waals surface area contributed by atoms with Crippen LogP contribution in [0.25, 0.3) is 0 Å². The van der Waals surface area contributed by atoms with Gasteiger partial charge in [0.05, 0.1) is 0 Å². The van der Waals surface area contributed by atoms with Crippen LogP contribution in [0.1, 0.15) is 37.7 Å². The molecular weight excluding hydrogens is 350 g/mol. The number of likely N-dealkylation sites (N-methyl/N-ethyl adjacent to an activating group) is 1. The number of amides is 1. The smallest absolute Gasteiger partial charge is 0.243 e. The average molecular weight is 380 g/mol. The minimum absolute atomic E-state index is 0.00864. The monoisotopic (exact) mass is 379 g/mol. The van der Waals surface area contributed by atoms with Gasteiger partial charge in [-0.3, -0.25) is 4.79 Å². The molecule has 0 bridgehead atoms. The summed E-state index contributed by atoms with van der Waals surface area (Å²) in [6, 6.07) is 3.77. The van der Waals surface area contributed by atoms with Gasteiger partial charge in [0, 0.05) is 33.4 Å². The fraction of sp³-hybridized carbons (Fsp3) is 0.632. The summed E-state index contributed by atoms with van der Waals surface area (Å²) in [6.45, 7) is 1.77. The minimum atomic E-state index is -0.00864. The van der Waals surface area contributed by atoms with Crippen LogP contribution in [0.4, 0.5) is 0 Å². The summed E-state index contributed by atoms with van der Waals surface area (Å²) in [5, 5.41) is 7.23. The summed E-state index contributed by atoms with van der Waals surface area (Å²) >= 11 is 5.82. The molecule has 6 nitrogen and oxygen atoms in total. The molecule has 0 unspecified atom stereocenters. The van der Waals surface area contributed by atoms with E-state index in [9.17, 15) is 4.79 Å². The molecule has 1 aliphatic carbocycles. The van der Waals surface area contributed by atoms with E-state index in [1.54, 1.807) is 31.3 Å². The molecule has 0 aromatic carbocycles. The van der Waals surface area contributed by atoms with Gasteiger partial charge < -0.3 is 15.5 Å². The van der Waals surface area contributed by atoms with Crippen LogP contribution in [-0.4, -0.2) is 55.5 Å². The predicted octanol–water partition coefficient (Wildman–Crippen LogP) is 2.48. The lowest BCUT2D eigenvalue weighted by Crippen LogP contribution is -2.41. The first-order chi connectivity index (χ1) is 12.5. The summed E-state index contributed by atoms with van der Waals surface area (Å²) in [4.78, 5) is 21.9. The quantitative estimate of drug-likeness (QED) is 0.434. The number of carbonyl (C=O) groups is 1. The second-order valence-electron chi connectivity index (χ2n) is 7.00. The van der Waals surface area contributed by atoms with E-state index < -0.39 is 0 Å². The molecule has 1 saturated carbocycles. The van der Waals surface area contributed by atoms with Crippen molar-refractivity contribution >= 4 is 23.5 Å². The van der Waals surface area contributed by atoms with Gasteiger partial charge in [-0.15, -0.1) is 0 Å². The maximum Gasteiger partial charge on any atom is 0.243 e. The highest BCUT2D eigenvalue weighted by molar-refractivity contribution is 6.29. The number of aliphatic imine (C=N–C) groups is 1. The number of aromatic nitrogens is 1. The van der Waals surface area contributed by atoms with Crippen LogP contribution in [0, 0.1) is 5.92 Å². The molecule has 0 radical (unpaired) electrons. The lowest BCUT2D eigenvalue weighted by Gasteiger charge is -2.23. The van der Waals surface area contributed by atoms with Crippen molar-refractivity contribution in [2.45, 2.75) is 38.5 Å². The molecule has 7 heteroatoms. The molecule has 2 rings (SSSR count). The first kappa shape index (κ1) is 20.5. The first-order valence-electron chi connectivity index (χ1n) is 9.37. The average Bonchev–Trinajstić information content (AvgIpc) is 2.65. The molecule has 1 aromatic rings. The number of hydrogen-bond acceptors (Lipinski definition) is 3. The van der Waals surface area contributed by atoms with E-state index in [0.29, 0.717) is 17.0 Å². The largest absolute Gasteiger partial charge is 0.356 e. The van der Waals surface area contributed by atoms with Crippen molar-refractivity contribution in [3.8, 4) is 0 Å². The number of guanidine groups is 1. The number of pyridine rings is 1. The lowest BCUT2D eigenvalue weighted by atomic mass is 9.89. The topological polar surface area (TPSA) is 69.6 Å². The van der Waals surface area contributed by atoms with Crippen molar-refractivity contribution in [2.75, 3.05) is 33.7 Å². The second kappa shape index (κ2) is 11.0. The van der Waals surface area contributed by atoms with E-state index in [1.807, 2.05) is 6.07 Å². The van der Waals surface area contributed by atoms with Gasteiger partial charge in [-0.1, -0.05) is 36.9 Å². The zero-order valence-electron chi connectivity index (χ0n) is 15.8. The van der Waals surface area contributed by atoms with Gasteiger partial charge in [-0.05, 0) is 36.8 Å². The number of nitrogens with one attached hydrogen (secondary N) is 2. The normalized spacial score (nSPS) is 15.6. The van der Waals surface area contributed by atoms with Gasteiger partial charge in [0.25, 0.3) is 0 Å². The van der Waals surface area contributed by atoms with Crippen LogP contribution in [0.15, 0.2) is 23.3 Å². The minimum Gasteiger partial charge on any atom is -0.356 e. The lowest BCUT2D eigenvalue weighted by molar-refractivity contribution is -0.127. The summed E-state index contributed by atoms with van der Waals surface area (Å²) in [6.07, 6.45) is 9.12. The van der Waals surface area contributed by atoms with Gasteiger partial charge in [0.2, 0.25) is 5.91 Å². The predicted molar refractivity (Wildman–Crippen MR) is 107 cm³/mol. The van der Waals surface area contributed by atoms with Gasteiger partial charge in [0.15, 0.2) is 5.96 Å². The third-order valence-corrected chi connectivity index (χ3v) is 4.87. The summed E-state index contributed by atoms with van der Waals surface area (Å²) in [7, 11) is 3.49. The Bertz CT molecular complexity index is 582. The van der Waals surface area contributed by atoms with Crippen LogP contribution < -0.4 is 10.6 Å². The number of halogens is 1. The van der Waals surface area contributed by atoms with Crippen molar-refractivity contribution in [3.05, 3.63) is 29.0 Å². The first-order valence-corrected chi connectivity index (χ1v) is 9.75. The van der Waals surface area contributed by atoms with Crippen molar-refractivity contribution < 1.29 is 4.79 Å². The molecule has 144 valence electrons. The molecular formula is C19H30ClN5O. The van der Waals surface area contributed by atoms with Crippen LogP contribution in [-0.2, 0) is 11.2 Å². The van der Waals surface area contributed by atoms with E-state index in [0.717, 1.165) is 25.1 Å². The zero-order chi connectivity index (χ0) is 18.8. The molecule has 1 aliphatic rings. The van der Waals surface area contributed by atoms with Gasteiger partial charge >= 0.3 is 0 Å². The summed E-state index contributed by atoms with van der Waals surface area (Å²) in [5.74, 6) is 1.39. The number of hydrogen-bond donors (Lipinski definition) is 2. The fourth-order valence-corrected chi connectivity index (χ4v) is 3.09. The van der Waals surface area contributed by atoms with E-state index in [2.05, 4.69) is 20.6 Å². The van der Waals surface area contributed by atoms with Gasteiger partial charge in [-0.25, -0.2) is 9.98 Å². The van der Waals surface area contributed by atoms with Crippen LogP contribution in [0.3, 0.4) is 0 Å². The third kappa shape index (κ3) is 7.60. The maximum absolute atomic E-state index is 11.8. The standard InChI is InChI=1S/C19H30ClN5O/c1-25(2)18(26)14-24-19(23-13-15-6-4-3-5-7-15)21-11-10-16-8-9-17(20)22-12-16/h8-9,12,15H,3-7,10-11,13-14H2,1-2H3,(H2,21,23,24). The Balaban J connectivity index is 1.84. The molecule has 1 heterocycles. The van der Waals surface area contributed by atoms with Crippen molar-refractivity contribution in [2.24, 2.45) is 10.9 Å². The molecule has 1 aromatic heterocycles. The third-order valence-electron chi connectivity index (χ3n) is 4.65.